The summed E-state index contributed by atoms with van der Waals surface area (Å²) in [5.41, 5.74) is 5.34. The monoisotopic (exact) mass is 297 g/mol. The van der Waals surface area contributed by atoms with Crippen molar-refractivity contribution in [3.8, 4) is 0 Å². The number of alkyl carbamates (subject to hydrolysis) is 1. The molecule has 1 atom stereocenters. The van der Waals surface area contributed by atoms with Crippen molar-refractivity contribution < 1.29 is 9.53 Å². The van der Waals surface area contributed by atoms with Crippen molar-refractivity contribution in [3.05, 3.63) is 0 Å². The molecule has 0 spiro atoms. The van der Waals surface area contributed by atoms with E-state index in [9.17, 15) is 4.79 Å². The Hall–Kier alpha value is -0.810. The summed E-state index contributed by atoms with van der Waals surface area (Å²) in [6, 6.07) is 0.123. The Morgan fingerprint density at radius 2 is 1.76 bits per heavy atom. The van der Waals surface area contributed by atoms with Crippen LogP contribution in [0.25, 0.3) is 0 Å². The summed E-state index contributed by atoms with van der Waals surface area (Å²) in [4.78, 5) is 11.7. The minimum absolute atomic E-state index is 0.123. The third kappa shape index (κ3) is 6.22. The molecule has 0 heterocycles. The van der Waals surface area contributed by atoms with Crippen molar-refractivity contribution in [2.45, 2.75) is 58.1 Å². The van der Waals surface area contributed by atoms with Gasteiger partial charge in [0, 0.05) is 19.1 Å². The third-order valence-corrected chi connectivity index (χ3v) is 4.27. The molecule has 4 N–H and O–H groups in total. The van der Waals surface area contributed by atoms with Crippen molar-refractivity contribution in [2.24, 2.45) is 23.5 Å². The molecule has 0 aromatic rings. The van der Waals surface area contributed by atoms with Gasteiger partial charge >= 0.3 is 6.09 Å². The second-order valence-corrected chi connectivity index (χ2v) is 7.56. The summed E-state index contributed by atoms with van der Waals surface area (Å²) in [6.07, 6.45) is 5.21. The maximum atomic E-state index is 11.7. The highest BCUT2D eigenvalue weighted by atomic mass is 16.6. The van der Waals surface area contributed by atoms with Crippen molar-refractivity contribution in [2.75, 3.05) is 19.6 Å². The predicted octanol–water partition coefficient (Wildman–Crippen LogP) is 1.86. The van der Waals surface area contributed by atoms with E-state index < -0.39 is 5.60 Å². The number of ether oxygens (including phenoxy) is 1. The summed E-state index contributed by atoms with van der Waals surface area (Å²) in [5.74, 6) is 2.69. The molecule has 1 amide bonds. The molecular weight excluding hydrogens is 266 g/mol. The first-order valence-electron chi connectivity index (χ1n) is 8.29. The van der Waals surface area contributed by atoms with E-state index in [4.69, 9.17) is 10.5 Å². The van der Waals surface area contributed by atoms with Crippen LogP contribution in [0.4, 0.5) is 4.79 Å². The first-order chi connectivity index (χ1) is 9.89. The van der Waals surface area contributed by atoms with Gasteiger partial charge in [0.25, 0.3) is 0 Å². The smallest absolute Gasteiger partial charge is 0.407 e. The Labute approximate surface area is 128 Å². The van der Waals surface area contributed by atoms with Gasteiger partial charge in [0.1, 0.15) is 5.60 Å². The Morgan fingerprint density at radius 3 is 2.19 bits per heavy atom. The van der Waals surface area contributed by atoms with E-state index >= 15 is 0 Å². The quantitative estimate of drug-likeness (QED) is 0.639. The van der Waals surface area contributed by atoms with Gasteiger partial charge < -0.3 is 21.1 Å². The molecule has 0 aromatic carbocycles. The van der Waals surface area contributed by atoms with Gasteiger partial charge in [-0.3, -0.25) is 0 Å². The Balaban J connectivity index is 1.66. The van der Waals surface area contributed by atoms with Gasteiger partial charge in [-0.15, -0.1) is 0 Å². The molecule has 0 saturated heterocycles. The molecule has 5 nitrogen and oxygen atoms in total. The zero-order valence-corrected chi connectivity index (χ0v) is 13.7. The summed E-state index contributed by atoms with van der Waals surface area (Å²) < 4.78 is 5.24. The second-order valence-electron chi connectivity index (χ2n) is 7.56. The average Bonchev–Trinajstić information content (AvgIpc) is 3.25. The maximum Gasteiger partial charge on any atom is 0.407 e. The lowest BCUT2D eigenvalue weighted by Crippen LogP contribution is -2.48. The number of amides is 1. The lowest BCUT2D eigenvalue weighted by atomic mass is 9.97. The van der Waals surface area contributed by atoms with Crippen LogP contribution in [0, 0.1) is 17.8 Å². The van der Waals surface area contributed by atoms with Gasteiger partial charge in [0.05, 0.1) is 0 Å². The van der Waals surface area contributed by atoms with Crippen LogP contribution in [0.5, 0.6) is 0 Å². The van der Waals surface area contributed by atoms with Crippen LogP contribution in [0.15, 0.2) is 0 Å². The number of nitrogens with one attached hydrogen (secondary N) is 2. The first kappa shape index (κ1) is 16.6. The van der Waals surface area contributed by atoms with Crippen LogP contribution in [0.2, 0.25) is 0 Å². The fraction of sp³-hybridized carbons (Fsp3) is 0.938. The molecule has 2 rings (SSSR count). The van der Waals surface area contributed by atoms with E-state index in [1.807, 2.05) is 20.8 Å². The number of hydrogen-bond donors (Lipinski definition) is 3. The van der Waals surface area contributed by atoms with E-state index in [1.54, 1.807) is 0 Å². The minimum Gasteiger partial charge on any atom is -0.444 e. The Morgan fingerprint density at radius 1 is 1.19 bits per heavy atom. The third-order valence-electron chi connectivity index (χ3n) is 4.27. The largest absolute Gasteiger partial charge is 0.444 e. The number of nitrogens with two attached hydrogens (primary N) is 1. The standard InChI is InChI=1S/C16H31N3O2/c1-16(2,3)21-15(20)19-9-13(8-17)18-10-14(11-4-5-11)12-6-7-12/h11-14,18H,4-10,17H2,1-3H3,(H,19,20). The van der Waals surface area contributed by atoms with Gasteiger partial charge in [-0.05, 0) is 70.8 Å². The number of carbonyl (C=O) groups is 1. The van der Waals surface area contributed by atoms with Crippen molar-refractivity contribution in [1.29, 1.82) is 0 Å². The summed E-state index contributed by atoms with van der Waals surface area (Å²) in [7, 11) is 0. The summed E-state index contributed by atoms with van der Waals surface area (Å²) in [6.45, 7) is 7.67. The van der Waals surface area contributed by atoms with E-state index in [0.717, 1.165) is 24.3 Å². The Bertz CT molecular complexity index is 334. The van der Waals surface area contributed by atoms with Crippen molar-refractivity contribution >= 4 is 6.09 Å². The molecule has 21 heavy (non-hydrogen) atoms. The minimum atomic E-state index is -0.460. The summed E-state index contributed by atoms with van der Waals surface area (Å²) in [5, 5.41) is 6.34. The van der Waals surface area contributed by atoms with E-state index in [0.29, 0.717) is 13.1 Å². The number of rotatable bonds is 8. The number of carbonyl (C=O) groups excluding carboxylic acids is 1. The molecular formula is C16H31N3O2. The average molecular weight is 297 g/mol. The van der Waals surface area contributed by atoms with Crippen molar-refractivity contribution in [1.82, 2.24) is 10.6 Å². The van der Waals surface area contributed by atoms with Gasteiger partial charge in [0.2, 0.25) is 0 Å². The molecule has 2 aliphatic rings. The SMILES string of the molecule is CC(C)(C)OC(=O)NCC(CN)NCC(C1CC1)C1CC1. The van der Waals surface area contributed by atoms with Crippen LogP contribution in [0.1, 0.15) is 46.5 Å². The molecule has 0 aliphatic heterocycles. The predicted molar refractivity (Wildman–Crippen MR) is 84.0 cm³/mol. The number of hydrogen-bond acceptors (Lipinski definition) is 4. The molecule has 1 unspecified atom stereocenters. The molecule has 0 radical (unpaired) electrons. The zero-order chi connectivity index (χ0) is 15.5. The molecule has 0 bridgehead atoms. The van der Waals surface area contributed by atoms with E-state index in [2.05, 4.69) is 10.6 Å². The zero-order valence-electron chi connectivity index (χ0n) is 13.7. The van der Waals surface area contributed by atoms with E-state index in [-0.39, 0.29) is 12.1 Å². The molecule has 2 fully saturated rings. The van der Waals surface area contributed by atoms with Gasteiger partial charge in [0.15, 0.2) is 0 Å². The van der Waals surface area contributed by atoms with Crippen molar-refractivity contribution in [3.63, 3.8) is 0 Å². The molecule has 5 heteroatoms. The van der Waals surface area contributed by atoms with Crippen LogP contribution < -0.4 is 16.4 Å². The second kappa shape index (κ2) is 6.97. The first-order valence-corrected chi connectivity index (χ1v) is 8.29. The summed E-state index contributed by atoms with van der Waals surface area (Å²) >= 11 is 0. The molecule has 2 aliphatic carbocycles. The highest BCUT2D eigenvalue weighted by Crippen LogP contribution is 2.48. The van der Waals surface area contributed by atoms with Crippen LogP contribution in [-0.2, 0) is 4.74 Å². The highest BCUT2D eigenvalue weighted by molar-refractivity contribution is 5.67. The molecule has 122 valence electrons. The Kier molecular flexibility index (Phi) is 5.49. The highest BCUT2D eigenvalue weighted by Gasteiger charge is 2.41. The fourth-order valence-corrected chi connectivity index (χ4v) is 2.83. The molecule has 0 aromatic heterocycles. The fourth-order valence-electron chi connectivity index (χ4n) is 2.83. The van der Waals surface area contributed by atoms with Crippen LogP contribution in [0.3, 0.4) is 0 Å². The lowest BCUT2D eigenvalue weighted by molar-refractivity contribution is 0.0522. The van der Waals surface area contributed by atoms with Gasteiger partial charge in [-0.1, -0.05) is 0 Å². The lowest BCUT2D eigenvalue weighted by Gasteiger charge is -2.24. The van der Waals surface area contributed by atoms with Crippen LogP contribution >= 0.6 is 0 Å². The van der Waals surface area contributed by atoms with Gasteiger partial charge in [-0.2, -0.15) is 0 Å². The van der Waals surface area contributed by atoms with Crippen LogP contribution in [-0.4, -0.2) is 37.4 Å². The van der Waals surface area contributed by atoms with E-state index in [1.165, 1.54) is 25.7 Å². The maximum absolute atomic E-state index is 11.7. The van der Waals surface area contributed by atoms with Gasteiger partial charge in [-0.25, -0.2) is 4.79 Å². The topological polar surface area (TPSA) is 76.4 Å². The molecule has 2 saturated carbocycles. The normalized spacial score (nSPS) is 20.4.